The van der Waals surface area contributed by atoms with Crippen LogP contribution in [0.3, 0.4) is 0 Å². The number of nitrogens with one attached hydrogen (secondary N) is 1. The monoisotopic (exact) mass is 271 g/mol. The maximum absolute atomic E-state index is 5.19. The first-order valence-electron chi connectivity index (χ1n) is 7.54. The van der Waals surface area contributed by atoms with Crippen molar-refractivity contribution in [2.45, 2.75) is 44.7 Å². The van der Waals surface area contributed by atoms with E-state index in [0.29, 0.717) is 6.04 Å². The summed E-state index contributed by atoms with van der Waals surface area (Å²) >= 11 is 0. The van der Waals surface area contributed by atoms with Crippen molar-refractivity contribution in [1.29, 1.82) is 0 Å². The molecule has 0 saturated heterocycles. The van der Waals surface area contributed by atoms with Gasteiger partial charge in [-0.05, 0) is 49.0 Å². The molecule has 0 amide bonds. The van der Waals surface area contributed by atoms with Gasteiger partial charge in [0.15, 0.2) is 0 Å². The molecule has 0 aliphatic heterocycles. The zero-order chi connectivity index (χ0) is 14.2. The highest BCUT2D eigenvalue weighted by Crippen LogP contribution is 2.27. The molecular weight excluding hydrogens is 246 g/mol. The summed E-state index contributed by atoms with van der Waals surface area (Å²) in [5.74, 6) is 1.65. The van der Waals surface area contributed by atoms with E-state index in [9.17, 15) is 0 Å². The van der Waals surface area contributed by atoms with Gasteiger partial charge in [0.05, 0.1) is 7.11 Å². The van der Waals surface area contributed by atoms with E-state index in [4.69, 9.17) is 4.74 Å². The molecule has 2 atom stereocenters. The highest BCUT2D eigenvalue weighted by molar-refractivity contribution is 5.27. The largest absolute Gasteiger partial charge is 0.497 e. The molecular formula is C18H25NO. The fraction of sp³-hybridized carbons (Fsp3) is 0.500. The van der Waals surface area contributed by atoms with E-state index in [2.05, 4.69) is 35.8 Å². The van der Waals surface area contributed by atoms with Crippen LogP contribution in [-0.4, -0.2) is 13.2 Å². The number of methoxy groups -OCH3 is 1. The smallest absolute Gasteiger partial charge is 0.118 e. The van der Waals surface area contributed by atoms with E-state index >= 15 is 0 Å². The van der Waals surface area contributed by atoms with Gasteiger partial charge in [-0.15, -0.1) is 5.73 Å². The van der Waals surface area contributed by atoms with Crippen LogP contribution in [-0.2, 0) is 6.54 Å². The SMILES string of the molecule is C=C=CC[C@H]1CCCC[C@H]1NCc1ccc(OC)cc1. The molecule has 20 heavy (non-hydrogen) atoms. The van der Waals surface area contributed by atoms with Crippen LogP contribution >= 0.6 is 0 Å². The topological polar surface area (TPSA) is 21.3 Å². The van der Waals surface area contributed by atoms with E-state index < -0.39 is 0 Å². The lowest BCUT2D eigenvalue weighted by molar-refractivity contribution is 0.262. The van der Waals surface area contributed by atoms with E-state index in [1.165, 1.54) is 31.2 Å². The Hall–Kier alpha value is -1.50. The minimum atomic E-state index is 0.621. The van der Waals surface area contributed by atoms with Crippen LogP contribution in [0.2, 0.25) is 0 Å². The second-order valence-electron chi connectivity index (χ2n) is 5.52. The second kappa shape index (κ2) is 7.94. The summed E-state index contributed by atoms with van der Waals surface area (Å²) in [7, 11) is 1.70. The number of rotatable bonds is 6. The molecule has 0 unspecified atom stereocenters. The minimum Gasteiger partial charge on any atom is -0.497 e. The molecule has 1 aliphatic carbocycles. The Morgan fingerprint density at radius 1 is 1.30 bits per heavy atom. The molecule has 2 nitrogen and oxygen atoms in total. The molecule has 1 fully saturated rings. The van der Waals surface area contributed by atoms with Crippen LogP contribution in [0, 0.1) is 5.92 Å². The Balaban J connectivity index is 1.87. The highest BCUT2D eigenvalue weighted by Gasteiger charge is 2.23. The van der Waals surface area contributed by atoms with Crippen molar-refractivity contribution in [3.8, 4) is 5.75 Å². The molecule has 1 aromatic rings. The molecule has 0 bridgehead atoms. The number of benzene rings is 1. The second-order valence-corrected chi connectivity index (χ2v) is 5.52. The highest BCUT2D eigenvalue weighted by atomic mass is 16.5. The fourth-order valence-electron chi connectivity index (χ4n) is 2.99. The number of hydrogen-bond donors (Lipinski definition) is 1. The molecule has 2 rings (SSSR count). The molecule has 2 heteroatoms. The number of allylic oxidation sites excluding steroid dienone is 1. The molecule has 1 aliphatic rings. The normalized spacial score (nSPS) is 22.1. The fourth-order valence-corrected chi connectivity index (χ4v) is 2.99. The Morgan fingerprint density at radius 2 is 2.05 bits per heavy atom. The predicted octanol–water partition coefficient (Wildman–Crippen LogP) is 4.07. The summed E-state index contributed by atoms with van der Waals surface area (Å²) < 4.78 is 5.19. The maximum atomic E-state index is 5.19. The molecule has 108 valence electrons. The molecule has 1 saturated carbocycles. The van der Waals surface area contributed by atoms with Crippen molar-refractivity contribution in [3.05, 3.63) is 48.2 Å². The molecule has 0 radical (unpaired) electrons. The van der Waals surface area contributed by atoms with Crippen molar-refractivity contribution in [1.82, 2.24) is 5.32 Å². The van der Waals surface area contributed by atoms with Crippen LogP contribution in [0.5, 0.6) is 5.75 Å². The molecule has 1 aromatic carbocycles. The van der Waals surface area contributed by atoms with Crippen LogP contribution in [0.1, 0.15) is 37.7 Å². The quantitative estimate of drug-likeness (QED) is 0.787. The average Bonchev–Trinajstić information content (AvgIpc) is 2.52. The number of ether oxygens (including phenoxy) is 1. The Labute approximate surface area is 122 Å². The van der Waals surface area contributed by atoms with Gasteiger partial charge in [0.2, 0.25) is 0 Å². The first-order valence-corrected chi connectivity index (χ1v) is 7.54. The first kappa shape index (κ1) is 14.9. The lowest BCUT2D eigenvalue weighted by Crippen LogP contribution is -2.37. The minimum absolute atomic E-state index is 0.621. The molecule has 1 N–H and O–H groups in total. The summed E-state index contributed by atoms with van der Waals surface area (Å²) in [6, 6.07) is 8.93. The molecule has 0 heterocycles. The third-order valence-corrected chi connectivity index (χ3v) is 4.20. The van der Waals surface area contributed by atoms with Gasteiger partial charge in [0, 0.05) is 12.6 Å². The molecule has 0 spiro atoms. The third-order valence-electron chi connectivity index (χ3n) is 4.20. The van der Waals surface area contributed by atoms with Crippen LogP contribution < -0.4 is 10.1 Å². The van der Waals surface area contributed by atoms with E-state index in [0.717, 1.165) is 24.6 Å². The standard InChI is InChI=1S/C18H25NO/c1-3-4-7-16-8-5-6-9-18(16)19-14-15-10-12-17(20-2)13-11-15/h4,10-13,16,18-19H,1,5-9,14H2,2H3/t16-,18+/m0/s1. The van der Waals surface area contributed by atoms with E-state index in [1.807, 2.05) is 12.1 Å². The Kier molecular flexibility index (Phi) is 5.91. The van der Waals surface area contributed by atoms with E-state index in [1.54, 1.807) is 7.11 Å². The van der Waals surface area contributed by atoms with Crippen molar-refractivity contribution in [3.63, 3.8) is 0 Å². The zero-order valence-corrected chi connectivity index (χ0v) is 12.4. The lowest BCUT2D eigenvalue weighted by Gasteiger charge is -2.31. The molecule has 0 aromatic heterocycles. The summed E-state index contributed by atoms with van der Waals surface area (Å²) in [6.07, 6.45) is 8.48. The van der Waals surface area contributed by atoms with Crippen molar-refractivity contribution in [2.75, 3.05) is 7.11 Å². The van der Waals surface area contributed by atoms with Gasteiger partial charge in [0.1, 0.15) is 5.75 Å². The Bertz CT molecular complexity index is 445. The van der Waals surface area contributed by atoms with Crippen LogP contribution in [0.4, 0.5) is 0 Å². The van der Waals surface area contributed by atoms with Gasteiger partial charge in [-0.2, -0.15) is 0 Å². The van der Waals surface area contributed by atoms with Crippen LogP contribution in [0.15, 0.2) is 42.7 Å². The van der Waals surface area contributed by atoms with Gasteiger partial charge in [0.25, 0.3) is 0 Å². The maximum Gasteiger partial charge on any atom is 0.118 e. The van der Waals surface area contributed by atoms with Crippen molar-refractivity contribution in [2.24, 2.45) is 5.92 Å². The van der Waals surface area contributed by atoms with E-state index in [-0.39, 0.29) is 0 Å². The van der Waals surface area contributed by atoms with Crippen LogP contribution in [0.25, 0.3) is 0 Å². The van der Waals surface area contributed by atoms with Gasteiger partial charge in [-0.25, -0.2) is 0 Å². The van der Waals surface area contributed by atoms with Crippen molar-refractivity contribution < 1.29 is 4.74 Å². The van der Waals surface area contributed by atoms with Crippen molar-refractivity contribution >= 4 is 0 Å². The summed E-state index contributed by atoms with van der Waals surface area (Å²) in [5.41, 5.74) is 4.22. The third kappa shape index (κ3) is 4.26. The van der Waals surface area contributed by atoms with Gasteiger partial charge < -0.3 is 10.1 Å². The zero-order valence-electron chi connectivity index (χ0n) is 12.4. The van der Waals surface area contributed by atoms with Gasteiger partial charge >= 0.3 is 0 Å². The predicted molar refractivity (Wildman–Crippen MR) is 83.9 cm³/mol. The van der Waals surface area contributed by atoms with Gasteiger partial charge in [-0.1, -0.05) is 31.6 Å². The Morgan fingerprint density at radius 3 is 2.75 bits per heavy atom. The lowest BCUT2D eigenvalue weighted by atomic mass is 9.82. The average molecular weight is 271 g/mol. The van der Waals surface area contributed by atoms with Gasteiger partial charge in [-0.3, -0.25) is 0 Å². The summed E-state index contributed by atoms with van der Waals surface area (Å²) in [6.45, 7) is 4.60. The summed E-state index contributed by atoms with van der Waals surface area (Å²) in [5, 5.41) is 3.73. The summed E-state index contributed by atoms with van der Waals surface area (Å²) in [4.78, 5) is 0. The first-order chi connectivity index (χ1) is 9.83. The number of hydrogen-bond acceptors (Lipinski definition) is 2.